The minimum absolute atomic E-state index is 0.130. The number of nitrogens with one attached hydrogen (secondary N) is 1. The quantitative estimate of drug-likeness (QED) is 0.838. The van der Waals surface area contributed by atoms with Crippen molar-refractivity contribution in [1.82, 2.24) is 5.32 Å². The van der Waals surface area contributed by atoms with Crippen molar-refractivity contribution in [3.8, 4) is 0 Å². The molecule has 0 spiro atoms. The van der Waals surface area contributed by atoms with Gasteiger partial charge in [0, 0.05) is 15.6 Å². The second-order valence-corrected chi connectivity index (χ2v) is 5.99. The van der Waals surface area contributed by atoms with Crippen molar-refractivity contribution < 1.29 is 0 Å². The van der Waals surface area contributed by atoms with Gasteiger partial charge in [-0.15, -0.1) is 0 Å². The van der Waals surface area contributed by atoms with Crippen LogP contribution in [-0.2, 0) is 6.42 Å². The molecule has 0 saturated carbocycles. The second-order valence-electron chi connectivity index (χ2n) is 5.18. The van der Waals surface area contributed by atoms with Crippen LogP contribution in [0.5, 0.6) is 0 Å². The van der Waals surface area contributed by atoms with Gasteiger partial charge >= 0.3 is 0 Å². The highest BCUT2D eigenvalue weighted by atomic mass is 35.5. The van der Waals surface area contributed by atoms with Crippen LogP contribution in [0.3, 0.4) is 0 Å². The predicted octanol–water partition coefficient (Wildman–Crippen LogP) is 4.46. The molecular formula is C14H19Cl2N. The van der Waals surface area contributed by atoms with Crippen LogP contribution in [0.4, 0.5) is 0 Å². The number of rotatable bonds is 2. The van der Waals surface area contributed by atoms with E-state index in [9.17, 15) is 0 Å². The van der Waals surface area contributed by atoms with Crippen molar-refractivity contribution in [2.75, 3.05) is 6.54 Å². The summed E-state index contributed by atoms with van der Waals surface area (Å²) in [6.45, 7) is 3.37. The summed E-state index contributed by atoms with van der Waals surface area (Å²) in [4.78, 5) is 0. The van der Waals surface area contributed by atoms with E-state index in [1.807, 2.05) is 18.2 Å². The van der Waals surface area contributed by atoms with E-state index in [0.717, 1.165) is 28.6 Å². The van der Waals surface area contributed by atoms with Crippen LogP contribution < -0.4 is 5.32 Å². The summed E-state index contributed by atoms with van der Waals surface area (Å²) in [7, 11) is 0. The summed E-state index contributed by atoms with van der Waals surface area (Å²) in [5.74, 6) is 0. The Balaban J connectivity index is 2.18. The molecule has 3 heteroatoms. The Labute approximate surface area is 114 Å². The number of benzene rings is 1. The standard InChI is InChI=1S/C14H19Cl2N/c1-14(8-3-2-4-9-17-14)10-11-12(15)6-5-7-13(11)16/h5-7,17H,2-4,8-10H2,1H3. The highest BCUT2D eigenvalue weighted by Crippen LogP contribution is 2.31. The van der Waals surface area contributed by atoms with Crippen molar-refractivity contribution in [3.05, 3.63) is 33.8 Å². The number of hydrogen-bond donors (Lipinski definition) is 1. The molecule has 1 nitrogen and oxygen atoms in total. The third kappa shape index (κ3) is 3.37. The summed E-state index contributed by atoms with van der Waals surface area (Å²) in [5, 5.41) is 5.21. The minimum atomic E-state index is 0.130. The molecule has 94 valence electrons. The Morgan fingerprint density at radius 3 is 2.59 bits per heavy atom. The molecule has 1 N–H and O–H groups in total. The van der Waals surface area contributed by atoms with E-state index >= 15 is 0 Å². The van der Waals surface area contributed by atoms with Gasteiger partial charge in [-0.3, -0.25) is 0 Å². The highest BCUT2D eigenvalue weighted by Gasteiger charge is 2.27. The molecular weight excluding hydrogens is 253 g/mol. The van der Waals surface area contributed by atoms with Crippen molar-refractivity contribution in [2.24, 2.45) is 0 Å². The van der Waals surface area contributed by atoms with Crippen molar-refractivity contribution in [2.45, 2.75) is 44.6 Å². The molecule has 1 atom stereocenters. The van der Waals surface area contributed by atoms with Gasteiger partial charge in [-0.2, -0.15) is 0 Å². The predicted molar refractivity (Wildman–Crippen MR) is 75.0 cm³/mol. The van der Waals surface area contributed by atoms with Crippen molar-refractivity contribution in [1.29, 1.82) is 0 Å². The van der Waals surface area contributed by atoms with Crippen LogP contribution in [0.25, 0.3) is 0 Å². The maximum Gasteiger partial charge on any atom is 0.0453 e. The maximum absolute atomic E-state index is 6.24. The first kappa shape index (κ1) is 13.2. The first-order valence-electron chi connectivity index (χ1n) is 6.29. The fourth-order valence-electron chi connectivity index (χ4n) is 2.54. The average Bonchev–Trinajstić information content (AvgIpc) is 2.49. The Kier molecular flexibility index (Phi) is 4.35. The Bertz CT molecular complexity index is 362. The van der Waals surface area contributed by atoms with Crippen molar-refractivity contribution >= 4 is 23.2 Å². The smallest absolute Gasteiger partial charge is 0.0453 e. The minimum Gasteiger partial charge on any atom is -0.311 e. The molecule has 1 unspecified atom stereocenters. The molecule has 17 heavy (non-hydrogen) atoms. The lowest BCUT2D eigenvalue weighted by Gasteiger charge is -2.30. The van der Waals surface area contributed by atoms with Crippen LogP contribution >= 0.6 is 23.2 Å². The van der Waals surface area contributed by atoms with E-state index < -0.39 is 0 Å². The molecule has 1 saturated heterocycles. The third-order valence-corrected chi connectivity index (χ3v) is 4.29. The van der Waals surface area contributed by atoms with Gasteiger partial charge in [0.05, 0.1) is 0 Å². The lowest BCUT2D eigenvalue weighted by molar-refractivity contribution is 0.346. The normalized spacial score (nSPS) is 25.6. The number of hydrogen-bond acceptors (Lipinski definition) is 1. The van der Waals surface area contributed by atoms with E-state index in [4.69, 9.17) is 23.2 Å². The summed E-state index contributed by atoms with van der Waals surface area (Å²) in [6.07, 6.45) is 5.97. The topological polar surface area (TPSA) is 12.0 Å². The molecule has 1 aliphatic rings. The van der Waals surface area contributed by atoms with Crippen LogP contribution in [0.1, 0.15) is 38.2 Å². The summed E-state index contributed by atoms with van der Waals surface area (Å²) in [5.41, 5.74) is 1.21. The van der Waals surface area contributed by atoms with Gasteiger partial charge < -0.3 is 5.32 Å². The first-order valence-corrected chi connectivity index (χ1v) is 7.04. The summed E-state index contributed by atoms with van der Waals surface area (Å²) >= 11 is 12.5. The average molecular weight is 272 g/mol. The Hall–Kier alpha value is -0.240. The van der Waals surface area contributed by atoms with Gasteiger partial charge in [0.15, 0.2) is 0 Å². The van der Waals surface area contributed by atoms with Crippen LogP contribution in [0.2, 0.25) is 10.0 Å². The lowest BCUT2D eigenvalue weighted by Crippen LogP contribution is -2.43. The molecule has 0 amide bonds. The van der Waals surface area contributed by atoms with Crippen LogP contribution in [0.15, 0.2) is 18.2 Å². The van der Waals surface area contributed by atoms with Crippen LogP contribution in [-0.4, -0.2) is 12.1 Å². The fraction of sp³-hybridized carbons (Fsp3) is 0.571. The lowest BCUT2D eigenvalue weighted by atomic mass is 9.88. The van der Waals surface area contributed by atoms with E-state index in [1.54, 1.807) is 0 Å². The van der Waals surface area contributed by atoms with E-state index in [2.05, 4.69) is 12.2 Å². The Morgan fingerprint density at radius 1 is 1.18 bits per heavy atom. The maximum atomic E-state index is 6.24. The molecule has 1 aromatic rings. The summed E-state index contributed by atoms with van der Waals surface area (Å²) < 4.78 is 0. The molecule has 1 heterocycles. The van der Waals surface area contributed by atoms with Crippen LogP contribution in [0, 0.1) is 0 Å². The second kappa shape index (κ2) is 5.60. The van der Waals surface area contributed by atoms with Gasteiger partial charge in [-0.05, 0) is 50.4 Å². The molecule has 2 rings (SSSR count). The molecule has 0 radical (unpaired) electrons. The van der Waals surface area contributed by atoms with Gasteiger partial charge in [0.2, 0.25) is 0 Å². The molecule has 0 bridgehead atoms. The largest absolute Gasteiger partial charge is 0.311 e. The van der Waals surface area contributed by atoms with Gasteiger partial charge in [0.1, 0.15) is 0 Å². The van der Waals surface area contributed by atoms with Gasteiger partial charge in [-0.25, -0.2) is 0 Å². The third-order valence-electron chi connectivity index (χ3n) is 3.59. The highest BCUT2D eigenvalue weighted by molar-refractivity contribution is 6.36. The molecule has 1 fully saturated rings. The molecule has 0 aliphatic carbocycles. The zero-order valence-electron chi connectivity index (χ0n) is 10.2. The fourth-order valence-corrected chi connectivity index (χ4v) is 3.07. The van der Waals surface area contributed by atoms with E-state index in [-0.39, 0.29) is 5.54 Å². The zero-order valence-corrected chi connectivity index (χ0v) is 11.7. The molecule has 1 aromatic carbocycles. The van der Waals surface area contributed by atoms with Gasteiger partial charge in [-0.1, -0.05) is 42.1 Å². The van der Waals surface area contributed by atoms with E-state index in [1.165, 1.54) is 25.7 Å². The zero-order chi connectivity index (χ0) is 12.3. The monoisotopic (exact) mass is 271 g/mol. The summed E-state index contributed by atoms with van der Waals surface area (Å²) in [6, 6.07) is 5.74. The molecule has 0 aromatic heterocycles. The number of halogens is 2. The Morgan fingerprint density at radius 2 is 1.88 bits per heavy atom. The molecule has 1 aliphatic heterocycles. The van der Waals surface area contributed by atoms with Gasteiger partial charge in [0.25, 0.3) is 0 Å². The first-order chi connectivity index (χ1) is 8.11. The van der Waals surface area contributed by atoms with E-state index in [0.29, 0.717) is 0 Å². The SMILES string of the molecule is CC1(Cc2c(Cl)cccc2Cl)CCCCCN1. The van der Waals surface area contributed by atoms with Crippen molar-refractivity contribution in [3.63, 3.8) is 0 Å².